The third kappa shape index (κ3) is 5.37. The molecule has 1 saturated carbocycles. The zero-order chi connectivity index (χ0) is 13.9. The Morgan fingerprint density at radius 3 is 2.74 bits per heavy atom. The van der Waals surface area contributed by atoms with Crippen LogP contribution in [0.1, 0.15) is 66.2 Å². The molecule has 2 rings (SSSR count). The van der Waals surface area contributed by atoms with Gasteiger partial charge in [0.2, 0.25) is 0 Å². The summed E-state index contributed by atoms with van der Waals surface area (Å²) >= 11 is 1.98. The molecule has 1 aliphatic carbocycles. The van der Waals surface area contributed by atoms with Crippen molar-refractivity contribution in [3.8, 4) is 0 Å². The lowest BCUT2D eigenvalue weighted by atomic mass is 9.90. The van der Waals surface area contributed by atoms with E-state index >= 15 is 0 Å². The van der Waals surface area contributed by atoms with Crippen molar-refractivity contribution in [3.05, 3.63) is 0 Å². The van der Waals surface area contributed by atoms with Gasteiger partial charge >= 0.3 is 0 Å². The van der Waals surface area contributed by atoms with Crippen LogP contribution < -0.4 is 5.32 Å². The van der Waals surface area contributed by atoms with E-state index in [9.17, 15) is 0 Å². The third-order valence-electron chi connectivity index (χ3n) is 4.14. The first-order chi connectivity index (χ1) is 8.92. The van der Waals surface area contributed by atoms with Crippen LogP contribution in [0.15, 0.2) is 4.99 Å². The lowest BCUT2D eigenvalue weighted by Crippen LogP contribution is -2.32. The fourth-order valence-electron chi connectivity index (χ4n) is 3.09. The highest BCUT2D eigenvalue weighted by molar-refractivity contribution is 8.14. The summed E-state index contributed by atoms with van der Waals surface area (Å²) in [5.74, 6) is 0.915. The van der Waals surface area contributed by atoms with E-state index in [1.165, 1.54) is 43.7 Å². The van der Waals surface area contributed by atoms with Gasteiger partial charge in [0.05, 0.1) is 6.54 Å². The molecule has 1 fully saturated rings. The van der Waals surface area contributed by atoms with Gasteiger partial charge in [-0.15, -0.1) is 0 Å². The van der Waals surface area contributed by atoms with Crippen molar-refractivity contribution in [3.63, 3.8) is 0 Å². The average Bonchev–Trinajstić information content (AvgIpc) is 2.59. The molecule has 0 radical (unpaired) electrons. The largest absolute Gasteiger partial charge is 0.362 e. The Morgan fingerprint density at radius 1 is 1.21 bits per heavy atom. The summed E-state index contributed by atoms with van der Waals surface area (Å²) < 4.78 is 0. The van der Waals surface area contributed by atoms with Crippen LogP contribution in [-0.4, -0.2) is 23.0 Å². The van der Waals surface area contributed by atoms with Crippen molar-refractivity contribution in [2.75, 3.05) is 6.54 Å². The van der Waals surface area contributed by atoms with Gasteiger partial charge in [0.15, 0.2) is 5.17 Å². The second-order valence-corrected chi connectivity index (χ2v) is 8.89. The van der Waals surface area contributed by atoms with Crippen molar-refractivity contribution in [1.82, 2.24) is 5.32 Å². The Labute approximate surface area is 123 Å². The number of nitrogens with zero attached hydrogens (tertiary/aromatic N) is 1. The molecular formula is C16H30N2S. The number of rotatable bonds is 2. The minimum atomic E-state index is 0.417. The Bertz CT molecular complexity index is 319. The molecule has 2 nitrogen and oxygen atoms in total. The summed E-state index contributed by atoms with van der Waals surface area (Å²) in [4.78, 5) is 4.71. The molecule has 1 aliphatic heterocycles. The van der Waals surface area contributed by atoms with E-state index < -0.39 is 0 Å². The molecule has 19 heavy (non-hydrogen) atoms. The van der Waals surface area contributed by atoms with Gasteiger partial charge in [-0.05, 0) is 37.0 Å². The Kier molecular flexibility index (Phi) is 5.22. The van der Waals surface area contributed by atoms with Gasteiger partial charge in [-0.2, -0.15) is 0 Å². The van der Waals surface area contributed by atoms with Crippen LogP contribution in [-0.2, 0) is 0 Å². The summed E-state index contributed by atoms with van der Waals surface area (Å²) in [6.45, 7) is 10.4. The van der Waals surface area contributed by atoms with Crippen LogP contribution in [0.3, 0.4) is 0 Å². The standard InChI is InChI=1S/C16H30N2S/c1-12-6-5-7-13(9-8-12)18-15-17-11-14(19-15)10-16(2,3)4/h12-14H,5-11H2,1-4H3,(H,17,18). The zero-order valence-corrected chi connectivity index (χ0v) is 13.9. The number of thioether (sulfide) groups is 1. The molecule has 0 bridgehead atoms. The van der Waals surface area contributed by atoms with E-state index in [4.69, 9.17) is 4.99 Å². The van der Waals surface area contributed by atoms with Crippen molar-refractivity contribution >= 4 is 16.9 Å². The van der Waals surface area contributed by atoms with Crippen LogP contribution in [0.5, 0.6) is 0 Å². The monoisotopic (exact) mass is 282 g/mol. The maximum Gasteiger partial charge on any atom is 0.157 e. The average molecular weight is 282 g/mol. The van der Waals surface area contributed by atoms with Gasteiger partial charge in [0.25, 0.3) is 0 Å². The summed E-state index contributed by atoms with van der Waals surface area (Å²) in [5, 5.41) is 5.61. The number of hydrogen-bond donors (Lipinski definition) is 1. The number of aliphatic imine (C=N–C) groups is 1. The fourth-order valence-corrected chi connectivity index (χ4v) is 4.52. The van der Waals surface area contributed by atoms with E-state index in [1.807, 2.05) is 11.8 Å². The first-order valence-corrected chi connectivity index (χ1v) is 8.78. The molecule has 1 heterocycles. The van der Waals surface area contributed by atoms with Crippen LogP contribution >= 0.6 is 11.8 Å². The summed E-state index contributed by atoms with van der Waals surface area (Å²) in [5.41, 5.74) is 0.417. The SMILES string of the molecule is CC1CCCC(NC2=NCC(CC(C)(C)C)S2)CC1. The minimum absolute atomic E-state index is 0.417. The second-order valence-electron chi connectivity index (χ2n) is 7.61. The normalized spacial score (nSPS) is 32.8. The van der Waals surface area contributed by atoms with Gasteiger partial charge in [0, 0.05) is 11.3 Å². The molecular weight excluding hydrogens is 252 g/mol. The first-order valence-electron chi connectivity index (χ1n) is 7.90. The maximum atomic E-state index is 4.71. The molecule has 0 amide bonds. The molecule has 0 aromatic rings. The zero-order valence-electron chi connectivity index (χ0n) is 13.0. The molecule has 0 spiro atoms. The van der Waals surface area contributed by atoms with Crippen LogP contribution in [0, 0.1) is 11.3 Å². The second kappa shape index (κ2) is 6.51. The van der Waals surface area contributed by atoms with Crippen LogP contribution in [0.4, 0.5) is 0 Å². The van der Waals surface area contributed by atoms with Gasteiger partial charge in [-0.1, -0.05) is 52.3 Å². The van der Waals surface area contributed by atoms with Gasteiger partial charge in [-0.25, -0.2) is 0 Å². The van der Waals surface area contributed by atoms with E-state index in [1.54, 1.807) is 0 Å². The van der Waals surface area contributed by atoms with Crippen molar-refractivity contribution < 1.29 is 0 Å². The summed E-state index contributed by atoms with van der Waals surface area (Å²) in [6, 6.07) is 0.671. The van der Waals surface area contributed by atoms with Gasteiger partial charge < -0.3 is 5.32 Å². The van der Waals surface area contributed by atoms with Crippen molar-refractivity contribution in [1.29, 1.82) is 0 Å². The van der Waals surface area contributed by atoms with Crippen molar-refractivity contribution in [2.24, 2.45) is 16.3 Å². The highest BCUT2D eigenvalue weighted by Crippen LogP contribution is 2.32. The number of nitrogens with one attached hydrogen (secondary N) is 1. The van der Waals surface area contributed by atoms with E-state index in [-0.39, 0.29) is 0 Å². The van der Waals surface area contributed by atoms with E-state index in [0.717, 1.165) is 12.5 Å². The molecule has 0 saturated heterocycles. The minimum Gasteiger partial charge on any atom is -0.362 e. The predicted octanol–water partition coefficient (Wildman–Crippen LogP) is 4.45. The molecule has 0 aromatic carbocycles. The summed E-state index contributed by atoms with van der Waals surface area (Å²) in [6.07, 6.45) is 8.07. The Morgan fingerprint density at radius 2 is 2.00 bits per heavy atom. The number of amidine groups is 1. The molecule has 3 heteroatoms. The lowest BCUT2D eigenvalue weighted by molar-refractivity contribution is 0.375. The van der Waals surface area contributed by atoms with Crippen molar-refractivity contribution in [2.45, 2.75) is 77.5 Å². The lowest BCUT2D eigenvalue weighted by Gasteiger charge is -2.22. The van der Waals surface area contributed by atoms with Crippen LogP contribution in [0.25, 0.3) is 0 Å². The highest BCUT2D eigenvalue weighted by Gasteiger charge is 2.26. The molecule has 0 aromatic heterocycles. The molecule has 3 unspecified atom stereocenters. The smallest absolute Gasteiger partial charge is 0.157 e. The maximum absolute atomic E-state index is 4.71. The van der Waals surface area contributed by atoms with E-state index in [0.29, 0.717) is 16.7 Å². The number of hydrogen-bond acceptors (Lipinski definition) is 3. The molecule has 2 aliphatic rings. The highest BCUT2D eigenvalue weighted by atomic mass is 32.2. The topological polar surface area (TPSA) is 24.4 Å². The predicted molar refractivity (Wildman–Crippen MR) is 86.9 cm³/mol. The molecule has 3 atom stereocenters. The van der Waals surface area contributed by atoms with Crippen LogP contribution in [0.2, 0.25) is 0 Å². The first kappa shape index (κ1) is 15.2. The third-order valence-corrected chi connectivity index (χ3v) is 5.26. The van der Waals surface area contributed by atoms with Gasteiger partial charge in [-0.3, -0.25) is 4.99 Å². The van der Waals surface area contributed by atoms with Gasteiger partial charge in [0.1, 0.15) is 0 Å². The quantitative estimate of drug-likeness (QED) is 0.757. The van der Waals surface area contributed by atoms with E-state index in [2.05, 4.69) is 33.0 Å². The summed E-state index contributed by atoms with van der Waals surface area (Å²) in [7, 11) is 0. The fraction of sp³-hybridized carbons (Fsp3) is 0.938. The molecule has 110 valence electrons. The Balaban J connectivity index is 1.75. The molecule has 1 N–H and O–H groups in total. The Hall–Kier alpha value is -0.180.